The van der Waals surface area contributed by atoms with Crippen LogP contribution in [0.5, 0.6) is 0 Å². The van der Waals surface area contributed by atoms with Gasteiger partial charge in [-0.2, -0.15) is 0 Å². The van der Waals surface area contributed by atoms with Crippen molar-refractivity contribution in [2.45, 2.75) is 53.2 Å². The minimum Gasteiger partial charge on any atom is -0.350 e. The summed E-state index contributed by atoms with van der Waals surface area (Å²) in [5, 5.41) is 2.60. The molecule has 0 radical (unpaired) electrons. The minimum absolute atomic E-state index is 0.103. The summed E-state index contributed by atoms with van der Waals surface area (Å²) >= 11 is 6.50. The molecule has 0 bridgehead atoms. The smallest absolute Gasteiger partial charge is 0.169 e. The minimum atomic E-state index is -0.544. The largest absolute Gasteiger partial charge is 0.350 e. The van der Waals surface area contributed by atoms with Crippen LogP contribution < -0.4 is 0 Å². The Hall–Kier alpha value is -1.42. The van der Waals surface area contributed by atoms with Gasteiger partial charge >= 0.3 is 0 Å². The van der Waals surface area contributed by atoms with E-state index in [0.717, 1.165) is 34.7 Å². The number of carbonyl (C=O) groups excluding carboxylic acids is 1. The highest BCUT2D eigenvalue weighted by Gasteiger charge is 2.46. The molecule has 144 valence electrons. The van der Waals surface area contributed by atoms with Crippen molar-refractivity contribution >= 4 is 28.2 Å². The van der Waals surface area contributed by atoms with Gasteiger partial charge in [-0.25, -0.2) is 0 Å². The van der Waals surface area contributed by atoms with Crippen LogP contribution in [0.15, 0.2) is 24.3 Å². The number of carbonyl (C=O) groups is 1. The van der Waals surface area contributed by atoms with E-state index in [4.69, 9.17) is 21.1 Å². The molecular weight excluding hydrogens is 360 g/mol. The summed E-state index contributed by atoms with van der Waals surface area (Å²) in [5.41, 5.74) is 2.63. The Morgan fingerprint density at radius 1 is 1.07 bits per heavy atom. The maximum atomic E-state index is 13.4. The van der Waals surface area contributed by atoms with Crippen molar-refractivity contribution in [3.05, 3.63) is 46.0 Å². The summed E-state index contributed by atoms with van der Waals surface area (Å²) < 4.78 is 12.0. The van der Waals surface area contributed by atoms with Gasteiger partial charge in [0.1, 0.15) is 0 Å². The normalized spacial score (nSPS) is 20.8. The van der Waals surface area contributed by atoms with Crippen LogP contribution in [0.3, 0.4) is 0 Å². The van der Waals surface area contributed by atoms with E-state index < -0.39 is 11.2 Å². The first-order valence-electron chi connectivity index (χ1n) is 9.57. The first kappa shape index (κ1) is 18.9. The number of rotatable bonds is 1. The molecule has 4 heteroatoms. The van der Waals surface area contributed by atoms with E-state index in [1.807, 2.05) is 52.8 Å². The molecule has 0 atom stereocenters. The van der Waals surface area contributed by atoms with Crippen LogP contribution in [-0.2, 0) is 22.3 Å². The Morgan fingerprint density at radius 3 is 2.37 bits per heavy atom. The van der Waals surface area contributed by atoms with Gasteiger partial charge in [-0.1, -0.05) is 44.5 Å². The Labute approximate surface area is 166 Å². The van der Waals surface area contributed by atoms with Crippen molar-refractivity contribution in [2.75, 3.05) is 13.2 Å². The monoisotopic (exact) mass is 386 g/mol. The second-order valence-corrected chi connectivity index (χ2v) is 10.0. The maximum Gasteiger partial charge on any atom is 0.169 e. The van der Waals surface area contributed by atoms with E-state index in [9.17, 15) is 4.79 Å². The van der Waals surface area contributed by atoms with Gasteiger partial charge in [0.2, 0.25) is 0 Å². The lowest BCUT2D eigenvalue weighted by molar-refractivity contribution is -0.283. The van der Waals surface area contributed by atoms with E-state index >= 15 is 0 Å². The molecule has 0 amide bonds. The summed E-state index contributed by atoms with van der Waals surface area (Å²) in [6, 6.07) is 8.00. The predicted molar refractivity (Wildman–Crippen MR) is 109 cm³/mol. The highest BCUT2D eigenvalue weighted by Crippen LogP contribution is 2.46. The zero-order valence-corrected chi connectivity index (χ0v) is 17.5. The Morgan fingerprint density at radius 2 is 1.74 bits per heavy atom. The Balaban J connectivity index is 1.88. The van der Waals surface area contributed by atoms with Crippen LogP contribution in [-0.4, -0.2) is 24.8 Å². The average molecular weight is 387 g/mol. The van der Waals surface area contributed by atoms with Crippen LogP contribution in [0.2, 0.25) is 5.02 Å². The quantitative estimate of drug-likeness (QED) is 0.599. The molecule has 1 heterocycles. The standard InChI is InChI=1S/C23H27ClO3/c1-21(2,3)20(25)19-15-7-6-8-18(24)16(15)9-14-10-23(11-17(14)19)12-26-22(4,5)27-13-23/h6-9H,10-13H2,1-5H3. The highest BCUT2D eigenvalue weighted by atomic mass is 35.5. The fourth-order valence-electron chi connectivity index (χ4n) is 4.26. The summed E-state index contributed by atoms with van der Waals surface area (Å²) in [7, 11) is 0. The van der Waals surface area contributed by atoms with Crippen LogP contribution in [0.25, 0.3) is 10.8 Å². The first-order valence-corrected chi connectivity index (χ1v) is 9.95. The van der Waals surface area contributed by atoms with Gasteiger partial charge in [0.15, 0.2) is 11.6 Å². The third kappa shape index (κ3) is 3.20. The molecule has 27 heavy (non-hydrogen) atoms. The summed E-state index contributed by atoms with van der Waals surface area (Å²) in [6.07, 6.45) is 1.65. The number of benzene rings is 2. The molecule has 2 aliphatic rings. The van der Waals surface area contributed by atoms with Crippen molar-refractivity contribution in [3.8, 4) is 0 Å². The molecule has 0 aromatic heterocycles. The summed E-state index contributed by atoms with van der Waals surface area (Å²) in [5.74, 6) is -0.375. The molecule has 2 aromatic carbocycles. The van der Waals surface area contributed by atoms with E-state index in [2.05, 4.69) is 6.07 Å². The van der Waals surface area contributed by atoms with Crippen molar-refractivity contribution in [3.63, 3.8) is 0 Å². The van der Waals surface area contributed by atoms with Gasteiger partial charge in [0.05, 0.1) is 13.2 Å². The van der Waals surface area contributed by atoms with E-state index in [1.165, 1.54) is 5.56 Å². The topological polar surface area (TPSA) is 35.5 Å². The highest BCUT2D eigenvalue weighted by molar-refractivity contribution is 6.36. The van der Waals surface area contributed by atoms with Crippen molar-refractivity contribution in [2.24, 2.45) is 10.8 Å². The number of fused-ring (bicyclic) bond motifs is 2. The van der Waals surface area contributed by atoms with E-state index in [-0.39, 0.29) is 11.2 Å². The van der Waals surface area contributed by atoms with Crippen molar-refractivity contribution in [1.29, 1.82) is 0 Å². The van der Waals surface area contributed by atoms with Crippen LogP contribution in [0, 0.1) is 10.8 Å². The van der Waals surface area contributed by atoms with Crippen molar-refractivity contribution in [1.82, 2.24) is 0 Å². The summed E-state index contributed by atoms with van der Waals surface area (Å²) in [4.78, 5) is 13.4. The maximum absolute atomic E-state index is 13.4. The van der Waals surface area contributed by atoms with Crippen LogP contribution in [0.1, 0.15) is 56.1 Å². The second kappa shape index (κ2) is 6.04. The van der Waals surface area contributed by atoms with E-state index in [0.29, 0.717) is 18.2 Å². The number of ketones is 1. The second-order valence-electron chi connectivity index (χ2n) is 9.63. The zero-order chi connectivity index (χ0) is 19.6. The Bertz CT molecular complexity index is 927. The van der Waals surface area contributed by atoms with E-state index in [1.54, 1.807) is 0 Å². The zero-order valence-electron chi connectivity index (χ0n) is 16.7. The molecule has 1 spiro atoms. The lowest BCUT2D eigenvalue weighted by Gasteiger charge is -2.41. The molecule has 1 saturated heterocycles. The number of hydrogen-bond donors (Lipinski definition) is 0. The van der Waals surface area contributed by atoms with Gasteiger partial charge in [0.25, 0.3) is 0 Å². The first-order chi connectivity index (χ1) is 12.5. The van der Waals surface area contributed by atoms with Crippen molar-refractivity contribution < 1.29 is 14.3 Å². The molecule has 1 aliphatic heterocycles. The molecule has 4 rings (SSSR count). The van der Waals surface area contributed by atoms with Gasteiger partial charge in [0, 0.05) is 26.8 Å². The van der Waals surface area contributed by atoms with Gasteiger partial charge in [-0.15, -0.1) is 0 Å². The molecule has 2 aromatic rings. The molecule has 0 saturated carbocycles. The molecular formula is C23H27ClO3. The third-order valence-electron chi connectivity index (χ3n) is 5.81. The molecule has 0 N–H and O–H groups in total. The Kier molecular flexibility index (Phi) is 4.23. The van der Waals surface area contributed by atoms with Crippen LogP contribution in [0.4, 0.5) is 0 Å². The lowest BCUT2D eigenvalue weighted by Crippen LogP contribution is -2.47. The molecule has 3 nitrogen and oxygen atoms in total. The molecule has 1 fully saturated rings. The van der Waals surface area contributed by atoms with Crippen LogP contribution >= 0.6 is 11.6 Å². The predicted octanol–water partition coefficient (Wildman–Crippen LogP) is 5.59. The number of Topliss-reactive ketones (excluding diaryl/α,β-unsaturated/α-hetero) is 1. The lowest BCUT2D eigenvalue weighted by atomic mass is 9.80. The fraction of sp³-hybridized carbons (Fsp3) is 0.522. The van der Waals surface area contributed by atoms with Gasteiger partial charge in [-0.05, 0) is 55.3 Å². The third-order valence-corrected chi connectivity index (χ3v) is 6.14. The van der Waals surface area contributed by atoms with Gasteiger partial charge < -0.3 is 9.47 Å². The number of hydrogen-bond acceptors (Lipinski definition) is 3. The molecule has 1 aliphatic carbocycles. The number of halogens is 1. The summed E-state index contributed by atoms with van der Waals surface area (Å²) in [6.45, 7) is 11.1. The average Bonchev–Trinajstić information content (AvgIpc) is 2.93. The number of ether oxygens (including phenoxy) is 2. The fourth-order valence-corrected chi connectivity index (χ4v) is 4.49. The van der Waals surface area contributed by atoms with Gasteiger partial charge in [-0.3, -0.25) is 4.79 Å². The SMILES string of the molecule is CC1(C)OCC2(CO1)Cc1cc3c(Cl)cccc3c(C(=O)C(C)(C)C)c1C2. The molecule has 0 unspecified atom stereocenters.